The summed E-state index contributed by atoms with van der Waals surface area (Å²) in [5.41, 5.74) is 1.28. The van der Waals surface area contributed by atoms with Crippen molar-refractivity contribution in [2.75, 3.05) is 13.7 Å². The zero-order chi connectivity index (χ0) is 17.5. The van der Waals surface area contributed by atoms with Gasteiger partial charge in [0.1, 0.15) is 6.61 Å². The Morgan fingerprint density at radius 2 is 1.92 bits per heavy atom. The number of aliphatic carboxylic acids is 1. The highest BCUT2D eigenvalue weighted by Crippen LogP contribution is 2.28. The maximum Gasteiger partial charge on any atom is 0.186 e. The van der Waals surface area contributed by atoms with Crippen LogP contribution in [-0.2, 0) is 4.79 Å². The third-order valence-corrected chi connectivity index (χ3v) is 3.79. The maximum absolute atomic E-state index is 12.2. The molecule has 0 saturated carbocycles. The maximum atomic E-state index is 12.2. The number of carboxylic acids is 1. The first kappa shape index (κ1) is 17.7. The lowest BCUT2D eigenvalue weighted by Gasteiger charge is -2.11. The fourth-order valence-electron chi connectivity index (χ4n) is 1.97. The van der Waals surface area contributed by atoms with Crippen LogP contribution in [0.25, 0.3) is 6.08 Å². The van der Waals surface area contributed by atoms with Crippen LogP contribution in [-0.4, -0.2) is 25.5 Å². The topological polar surface area (TPSA) is 75.7 Å². The van der Waals surface area contributed by atoms with Gasteiger partial charge in [0, 0.05) is 10.0 Å². The van der Waals surface area contributed by atoms with Gasteiger partial charge in [-0.05, 0) is 35.9 Å². The van der Waals surface area contributed by atoms with Crippen molar-refractivity contribution >= 4 is 33.8 Å². The normalized spacial score (nSPS) is 10.6. The molecule has 6 heteroatoms. The molecule has 2 aromatic rings. The Labute approximate surface area is 147 Å². The smallest absolute Gasteiger partial charge is 0.186 e. The molecule has 0 aliphatic rings. The van der Waals surface area contributed by atoms with E-state index in [0.717, 1.165) is 4.47 Å². The second-order valence-corrected chi connectivity index (χ2v) is 5.60. The number of methoxy groups -OCH3 is 1. The van der Waals surface area contributed by atoms with Gasteiger partial charge in [0.2, 0.25) is 0 Å². The van der Waals surface area contributed by atoms with Crippen molar-refractivity contribution in [3.63, 3.8) is 0 Å². The lowest BCUT2D eigenvalue weighted by molar-refractivity contribution is -0.307. The highest BCUT2D eigenvalue weighted by Gasteiger charge is 2.07. The molecule has 124 valence electrons. The minimum Gasteiger partial charge on any atom is -0.546 e. The summed E-state index contributed by atoms with van der Waals surface area (Å²) in [7, 11) is 1.45. The molecule has 24 heavy (non-hydrogen) atoms. The molecule has 0 fully saturated rings. The van der Waals surface area contributed by atoms with Crippen molar-refractivity contribution in [3.8, 4) is 11.5 Å². The van der Waals surface area contributed by atoms with E-state index in [4.69, 9.17) is 9.47 Å². The summed E-state index contributed by atoms with van der Waals surface area (Å²) in [6.45, 7) is -0.563. The number of benzene rings is 2. The molecule has 0 radical (unpaired) electrons. The Morgan fingerprint density at radius 1 is 1.17 bits per heavy atom. The SMILES string of the molecule is COc1cc(/C=C/C(=O)c2ccccc2Br)ccc1OCC(=O)[O-]. The second kappa shape index (κ2) is 8.31. The van der Waals surface area contributed by atoms with Gasteiger partial charge in [-0.1, -0.05) is 40.2 Å². The Morgan fingerprint density at radius 3 is 2.58 bits per heavy atom. The number of carboxylic acid groups (broad SMARTS) is 1. The van der Waals surface area contributed by atoms with Crippen LogP contribution in [0.5, 0.6) is 11.5 Å². The number of ether oxygens (including phenoxy) is 2. The standard InChI is InChI=1S/C18H15BrO5/c1-23-17-10-12(7-9-16(17)24-11-18(21)22)6-8-15(20)13-4-2-3-5-14(13)19/h2-10H,11H2,1H3,(H,21,22)/p-1/b8-6+. The highest BCUT2D eigenvalue weighted by atomic mass is 79.9. The van der Waals surface area contributed by atoms with Crippen molar-refractivity contribution < 1.29 is 24.2 Å². The molecule has 0 saturated heterocycles. The van der Waals surface area contributed by atoms with Crippen LogP contribution in [0.4, 0.5) is 0 Å². The fraction of sp³-hybridized carbons (Fsp3) is 0.111. The molecule has 0 unspecified atom stereocenters. The zero-order valence-electron chi connectivity index (χ0n) is 12.8. The summed E-state index contributed by atoms with van der Waals surface area (Å²) in [5, 5.41) is 10.4. The van der Waals surface area contributed by atoms with E-state index < -0.39 is 12.6 Å². The Hall–Kier alpha value is -2.60. The van der Waals surface area contributed by atoms with Gasteiger partial charge in [0.05, 0.1) is 13.1 Å². The first-order valence-corrected chi connectivity index (χ1v) is 7.78. The van der Waals surface area contributed by atoms with Gasteiger partial charge in [-0.25, -0.2) is 0 Å². The van der Waals surface area contributed by atoms with Crippen molar-refractivity contribution in [2.45, 2.75) is 0 Å². The second-order valence-electron chi connectivity index (χ2n) is 4.75. The van der Waals surface area contributed by atoms with Gasteiger partial charge in [-0.3, -0.25) is 4.79 Å². The third kappa shape index (κ3) is 4.70. The molecular weight excluding hydrogens is 376 g/mol. The van der Waals surface area contributed by atoms with Gasteiger partial charge in [-0.2, -0.15) is 0 Å². The van der Waals surface area contributed by atoms with E-state index in [-0.39, 0.29) is 11.5 Å². The molecule has 0 atom stereocenters. The van der Waals surface area contributed by atoms with E-state index >= 15 is 0 Å². The molecule has 0 amide bonds. The van der Waals surface area contributed by atoms with Crippen LogP contribution in [0.1, 0.15) is 15.9 Å². The van der Waals surface area contributed by atoms with E-state index in [1.165, 1.54) is 13.2 Å². The van der Waals surface area contributed by atoms with Gasteiger partial charge >= 0.3 is 0 Å². The highest BCUT2D eigenvalue weighted by molar-refractivity contribution is 9.10. The van der Waals surface area contributed by atoms with E-state index in [9.17, 15) is 14.7 Å². The molecular formula is C18H14BrO5-. The molecule has 0 bridgehead atoms. The number of hydrogen-bond donors (Lipinski definition) is 0. The molecule has 5 nitrogen and oxygen atoms in total. The predicted octanol–water partition coefficient (Wildman–Crippen LogP) is 2.48. The monoisotopic (exact) mass is 389 g/mol. The van der Waals surface area contributed by atoms with Gasteiger partial charge in [0.25, 0.3) is 0 Å². The fourth-order valence-corrected chi connectivity index (χ4v) is 2.45. The van der Waals surface area contributed by atoms with Crippen LogP contribution < -0.4 is 14.6 Å². The van der Waals surface area contributed by atoms with Crippen LogP contribution in [0, 0.1) is 0 Å². The number of allylic oxidation sites excluding steroid dienone is 1. The molecule has 2 aromatic carbocycles. The van der Waals surface area contributed by atoms with Gasteiger partial charge < -0.3 is 19.4 Å². The van der Waals surface area contributed by atoms with E-state index in [0.29, 0.717) is 16.9 Å². The van der Waals surface area contributed by atoms with Crippen molar-refractivity contribution in [1.82, 2.24) is 0 Å². The number of ketones is 1. The minimum absolute atomic E-state index is 0.140. The summed E-state index contributed by atoms with van der Waals surface area (Å²) in [4.78, 5) is 22.6. The Bertz CT molecular complexity index is 783. The predicted molar refractivity (Wildman–Crippen MR) is 91.0 cm³/mol. The molecule has 0 aliphatic heterocycles. The summed E-state index contributed by atoms with van der Waals surface area (Å²) >= 11 is 3.34. The zero-order valence-corrected chi connectivity index (χ0v) is 14.4. The summed E-state index contributed by atoms with van der Waals surface area (Å²) < 4.78 is 11.0. The number of carbonyl (C=O) groups is 2. The van der Waals surface area contributed by atoms with Gasteiger partial charge in [0.15, 0.2) is 17.3 Å². The van der Waals surface area contributed by atoms with Crippen molar-refractivity contribution in [3.05, 3.63) is 64.1 Å². The molecule has 0 aromatic heterocycles. The first-order valence-electron chi connectivity index (χ1n) is 6.99. The first-order chi connectivity index (χ1) is 11.5. The summed E-state index contributed by atoms with van der Waals surface area (Å²) in [6.07, 6.45) is 3.10. The summed E-state index contributed by atoms with van der Waals surface area (Å²) in [6, 6.07) is 12.1. The molecule has 0 heterocycles. The molecule has 0 aliphatic carbocycles. The number of hydrogen-bond acceptors (Lipinski definition) is 5. The summed E-state index contributed by atoms with van der Waals surface area (Å²) in [5.74, 6) is -0.804. The van der Waals surface area contributed by atoms with Crippen LogP contribution in [0.15, 0.2) is 53.0 Å². The van der Waals surface area contributed by atoms with Crippen LogP contribution >= 0.6 is 15.9 Å². The van der Waals surface area contributed by atoms with Crippen LogP contribution in [0.3, 0.4) is 0 Å². The average molecular weight is 390 g/mol. The quantitative estimate of drug-likeness (QED) is 0.537. The van der Waals surface area contributed by atoms with E-state index in [2.05, 4.69) is 15.9 Å². The van der Waals surface area contributed by atoms with Crippen LogP contribution in [0.2, 0.25) is 0 Å². The Kier molecular flexibility index (Phi) is 6.14. The minimum atomic E-state index is -1.32. The number of rotatable bonds is 7. The lowest BCUT2D eigenvalue weighted by Crippen LogP contribution is -2.29. The number of halogens is 1. The van der Waals surface area contributed by atoms with E-state index in [1.807, 2.05) is 6.07 Å². The molecule has 2 rings (SSSR count). The molecule has 0 N–H and O–H groups in total. The Balaban J connectivity index is 2.16. The largest absolute Gasteiger partial charge is 0.546 e. The third-order valence-electron chi connectivity index (χ3n) is 3.10. The molecule has 0 spiro atoms. The van der Waals surface area contributed by atoms with Gasteiger partial charge in [-0.15, -0.1) is 0 Å². The lowest BCUT2D eigenvalue weighted by atomic mass is 10.1. The number of carbonyl (C=O) groups excluding carboxylic acids is 2. The van der Waals surface area contributed by atoms with Crippen molar-refractivity contribution in [2.24, 2.45) is 0 Å². The average Bonchev–Trinajstić information content (AvgIpc) is 2.58. The van der Waals surface area contributed by atoms with Crippen molar-refractivity contribution in [1.29, 1.82) is 0 Å². The van der Waals surface area contributed by atoms with E-state index in [1.54, 1.807) is 42.5 Å².